The van der Waals surface area contributed by atoms with Crippen molar-refractivity contribution in [2.45, 2.75) is 116 Å². The van der Waals surface area contributed by atoms with Crippen LogP contribution >= 0.6 is 0 Å². The lowest BCUT2D eigenvalue weighted by atomic mass is 10.0. The van der Waals surface area contributed by atoms with E-state index in [9.17, 15) is 9.59 Å². The average molecular weight is 416 g/mol. The van der Waals surface area contributed by atoms with E-state index in [0.29, 0.717) is 6.42 Å². The maximum atomic E-state index is 11.8. The Kier molecular flexibility index (Phi) is 20.5. The zero-order valence-corrected chi connectivity index (χ0v) is 18.9. The van der Waals surface area contributed by atoms with Crippen molar-refractivity contribution in [2.75, 3.05) is 20.3 Å². The molecule has 0 spiro atoms. The number of rotatable bonds is 20. The van der Waals surface area contributed by atoms with Crippen molar-refractivity contribution < 1.29 is 24.2 Å². The summed E-state index contributed by atoms with van der Waals surface area (Å²) in [6, 6.07) is 0. The van der Waals surface area contributed by atoms with E-state index in [0.717, 1.165) is 12.8 Å². The Hall–Kier alpha value is -1.30. The van der Waals surface area contributed by atoms with Crippen LogP contribution < -0.4 is 5.32 Å². The third kappa shape index (κ3) is 19.8. The van der Waals surface area contributed by atoms with Crippen LogP contribution in [-0.2, 0) is 14.3 Å². The standard InChI is InChI=1S/C23H45NO5/c1-3-4-5-6-7-8-9-10-11-12-13-14-15-16-17-18-22(26)24-19-21(20-25)29-23(27)28-2/h21,25H,3-20H2,1-2H3,(H,24,26). The number of amides is 1. The Bertz CT molecular complexity index is 389. The summed E-state index contributed by atoms with van der Waals surface area (Å²) in [4.78, 5) is 22.8. The van der Waals surface area contributed by atoms with E-state index in [4.69, 9.17) is 9.84 Å². The molecule has 0 bridgehead atoms. The quantitative estimate of drug-likeness (QED) is 0.202. The van der Waals surface area contributed by atoms with Gasteiger partial charge in [-0.3, -0.25) is 4.79 Å². The fourth-order valence-corrected chi connectivity index (χ4v) is 3.30. The van der Waals surface area contributed by atoms with Crippen LogP contribution in [0.3, 0.4) is 0 Å². The Labute approximate surface area is 178 Å². The predicted molar refractivity (Wildman–Crippen MR) is 117 cm³/mol. The van der Waals surface area contributed by atoms with Gasteiger partial charge in [-0.05, 0) is 6.42 Å². The van der Waals surface area contributed by atoms with Crippen LogP contribution in [0, 0.1) is 0 Å². The molecule has 6 heteroatoms. The molecule has 1 amide bonds. The number of hydrogen-bond donors (Lipinski definition) is 2. The summed E-state index contributed by atoms with van der Waals surface area (Å²) in [6.07, 6.45) is 18.3. The second-order valence-corrected chi connectivity index (χ2v) is 7.88. The molecule has 172 valence electrons. The van der Waals surface area contributed by atoms with E-state index < -0.39 is 12.3 Å². The first kappa shape index (κ1) is 27.7. The largest absolute Gasteiger partial charge is 0.508 e. The average Bonchev–Trinajstić information content (AvgIpc) is 2.73. The van der Waals surface area contributed by atoms with Crippen molar-refractivity contribution in [1.82, 2.24) is 5.32 Å². The van der Waals surface area contributed by atoms with Crippen molar-refractivity contribution in [3.8, 4) is 0 Å². The number of ether oxygens (including phenoxy) is 2. The highest BCUT2D eigenvalue weighted by Crippen LogP contribution is 2.13. The second kappa shape index (κ2) is 21.4. The molecule has 2 N–H and O–H groups in total. The van der Waals surface area contributed by atoms with E-state index in [1.165, 1.54) is 90.6 Å². The normalized spacial score (nSPS) is 11.8. The van der Waals surface area contributed by atoms with Gasteiger partial charge in [0.1, 0.15) is 6.10 Å². The summed E-state index contributed by atoms with van der Waals surface area (Å²) in [5, 5.41) is 11.8. The maximum Gasteiger partial charge on any atom is 0.508 e. The molecular formula is C23H45NO5. The SMILES string of the molecule is CCCCCCCCCCCCCCCCCC(=O)NCC(CO)OC(=O)OC. The molecular weight excluding hydrogens is 370 g/mol. The van der Waals surface area contributed by atoms with Gasteiger partial charge in [-0.15, -0.1) is 0 Å². The molecule has 0 aromatic rings. The molecule has 0 aromatic heterocycles. The van der Waals surface area contributed by atoms with Crippen LogP contribution in [0.25, 0.3) is 0 Å². The molecule has 0 radical (unpaired) electrons. The third-order valence-corrected chi connectivity index (χ3v) is 5.17. The van der Waals surface area contributed by atoms with E-state index in [2.05, 4.69) is 17.0 Å². The van der Waals surface area contributed by atoms with E-state index in [1.54, 1.807) is 0 Å². The van der Waals surface area contributed by atoms with Gasteiger partial charge in [0.15, 0.2) is 0 Å². The zero-order chi connectivity index (χ0) is 21.6. The fourth-order valence-electron chi connectivity index (χ4n) is 3.30. The molecule has 0 aromatic carbocycles. The van der Waals surface area contributed by atoms with Gasteiger partial charge in [0.05, 0.1) is 20.3 Å². The number of aliphatic hydroxyl groups is 1. The van der Waals surface area contributed by atoms with Crippen molar-refractivity contribution in [2.24, 2.45) is 0 Å². The minimum Gasteiger partial charge on any atom is -0.438 e. The van der Waals surface area contributed by atoms with Crippen LogP contribution in [-0.4, -0.2) is 43.5 Å². The van der Waals surface area contributed by atoms with Crippen molar-refractivity contribution >= 4 is 12.1 Å². The molecule has 0 fully saturated rings. The predicted octanol–water partition coefficient (Wildman–Crippen LogP) is 5.51. The molecule has 6 nitrogen and oxygen atoms in total. The summed E-state index contributed by atoms with van der Waals surface area (Å²) in [7, 11) is 1.20. The summed E-state index contributed by atoms with van der Waals surface area (Å²) >= 11 is 0. The van der Waals surface area contributed by atoms with Gasteiger partial charge in [0, 0.05) is 6.42 Å². The number of carbonyl (C=O) groups is 2. The maximum absolute atomic E-state index is 11.8. The van der Waals surface area contributed by atoms with Gasteiger partial charge >= 0.3 is 6.16 Å². The molecule has 1 unspecified atom stereocenters. The molecule has 0 saturated carbocycles. The number of carbonyl (C=O) groups excluding carboxylic acids is 2. The molecule has 0 aliphatic carbocycles. The summed E-state index contributed by atoms with van der Waals surface area (Å²) < 4.78 is 9.17. The topological polar surface area (TPSA) is 84.9 Å². The van der Waals surface area contributed by atoms with Crippen LogP contribution in [0.15, 0.2) is 0 Å². The highest BCUT2D eigenvalue weighted by atomic mass is 16.7. The Morgan fingerprint density at radius 1 is 0.793 bits per heavy atom. The minimum absolute atomic E-state index is 0.0772. The van der Waals surface area contributed by atoms with Gasteiger partial charge in [0.25, 0.3) is 0 Å². The van der Waals surface area contributed by atoms with Gasteiger partial charge in [-0.1, -0.05) is 96.8 Å². The molecule has 1 atom stereocenters. The summed E-state index contributed by atoms with van der Waals surface area (Å²) in [5.41, 5.74) is 0. The first-order valence-corrected chi connectivity index (χ1v) is 11.8. The van der Waals surface area contributed by atoms with E-state index in [-0.39, 0.29) is 19.1 Å². The second-order valence-electron chi connectivity index (χ2n) is 7.88. The van der Waals surface area contributed by atoms with Crippen molar-refractivity contribution in [3.63, 3.8) is 0 Å². The van der Waals surface area contributed by atoms with Crippen molar-refractivity contribution in [3.05, 3.63) is 0 Å². The van der Waals surface area contributed by atoms with Crippen molar-refractivity contribution in [1.29, 1.82) is 0 Å². The Balaban J connectivity index is 3.35. The van der Waals surface area contributed by atoms with Crippen LogP contribution in [0.4, 0.5) is 4.79 Å². The van der Waals surface area contributed by atoms with Crippen LogP contribution in [0.1, 0.15) is 110 Å². The lowest BCUT2D eigenvalue weighted by Crippen LogP contribution is -2.36. The third-order valence-electron chi connectivity index (χ3n) is 5.17. The first-order chi connectivity index (χ1) is 14.1. The van der Waals surface area contributed by atoms with Gasteiger partial charge in [-0.25, -0.2) is 4.79 Å². The zero-order valence-electron chi connectivity index (χ0n) is 18.9. The van der Waals surface area contributed by atoms with Gasteiger partial charge in [-0.2, -0.15) is 0 Å². The molecule has 0 aliphatic heterocycles. The highest BCUT2D eigenvalue weighted by molar-refractivity contribution is 5.75. The summed E-state index contributed by atoms with van der Waals surface area (Å²) in [6.45, 7) is 2.01. The lowest BCUT2D eigenvalue weighted by Gasteiger charge is -2.15. The molecule has 29 heavy (non-hydrogen) atoms. The lowest BCUT2D eigenvalue weighted by molar-refractivity contribution is -0.121. The number of hydrogen-bond acceptors (Lipinski definition) is 5. The van der Waals surface area contributed by atoms with E-state index in [1.807, 2.05) is 0 Å². The number of methoxy groups -OCH3 is 1. The molecule has 0 aliphatic rings. The Morgan fingerprint density at radius 3 is 1.66 bits per heavy atom. The summed E-state index contributed by atoms with van der Waals surface area (Å²) in [5.74, 6) is -0.0772. The molecule has 0 rings (SSSR count). The monoisotopic (exact) mass is 415 g/mol. The number of unbranched alkanes of at least 4 members (excludes halogenated alkanes) is 14. The first-order valence-electron chi connectivity index (χ1n) is 11.8. The van der Waals surface area contributed by atoms with Crippen LogP contribution in [0.5, 0.6) is 0 Å². The molecule has 0 heterocycles. The Morgan fingerprint density at radius 2 is 1.24 bits per heavy atom. The van der Waals surface area contributed by atoms with E-state index >= 15 is 0 Å². The van der Waals surface area contributed by atoms with Crippen LogP contribution in [0.2, 0.25) is 0 Å². The minimum atomic E-state index is -0.860. The fraction of sp³-hybridized carbons (Fsp3) is 0.913. The molecule has 0 saturated heterocycles. The number of aliphatic hydroxyl groups excluding tert-OH is 1. The smallest absolute Gasteiger partial charge is 0.438 e. The van der Waals surface area contributed by atoms with Gasteiger partial charge in [0.2, 0.25) is 5.91 Å². The van der Waals surface area contributed by atoms with Gasteiger partial charge < -0.3 is 19.9 Å². The highest BCUT2D eigenvalue weighted by Gasteiger charge is 2.14. The number of nitrogens with one attached hydrogen (secondary N) is 1.